The molecule has 0 saturated heterocycles. The van der Waals surface area contributed by atoms with Crippen LogP contribution in [0.15, 0.2) is 71.3 Å². The molecule has 0 aliphatic carbocycles. The van der Waals surface area contributed by atoms with Crippen molar-refractivity contribution >= 4 is 40.6 Å². The monoisotopic (exact) mass is 404 g/mol. The number of furan rings is 1. The van der Waals surface area contributed by atoms with E-state index in [1.807, 2.05) is 30.3 Å². The Balaban J connectivity index is 1.56. The van der Waals surface area contributed by atoms with Crippen molar-refractivity contribution in [3.8, 4) is 5.75 Å². The van der Waals surface area contributed by atoms with Gasteiger partial charge in [0.1, 0.15) is 11.3 Å². The van der Waals surface area contributed by atoms with Crippen LogP contribution in [0.3, 0.4) is 0 Å². The maximum atomic E-state index is 12.6. The molecule has 2 N–H and O–H groups in total. The lowest BCUT2D eigenvalue weighted by molar-refractivity contribution is 0.0948. The zero-order chi connectivity index (χ0) is 20.2. The number of fused-ring (bicyclic) bond motifs is 1. The van der Waals surface area contributed by atoms with Crippen LogP contribution in [0, 0.1) is 0 Å². The van der Waals surface area contributed by atoms with Gasteiger partial charge in [0.2, 0.25) is 0 Å². The Kier molecular flexibility index (Phi) is 5.31. The number of hydrogen-bond donors (Lipinski definition) is 2. The van der Waals surface area contributed by atoms with Crippen molar-refractivity contribution in [3.05, 3.63) is 94.5 Å². The summed E-state index contributed by atoms with van der Waals surface area (Å²) >= 11 is 5.87. The number of nitrogens with zero attached hydrogens (tertiary/aromatic N) is 1. The van der Waals surface area contributed by atoms with Gasteiger partial charge < -0.3 is 14.8 Å². The summed E-state index contributed by atoms with van der Waals surface area (Å²) in [5, 5.41) is 14.8. The number of phenols is 1. The van der Waals surface area contributed by atoms with E-state index in [0.717, 1.165) is 10.9 Å². The van der Waals surface area contributed by atoms with E-state index in [9.17, 15) is 9.90 Å². The molecule has 2 aromatic heterocycles. The molecule has 4 rings (SSSR count). The number of carbonyl (C=O) groups excluding carboxylic acids is 1. The van der Waals surface area contributed by atoms with Gasteiger partial charge in [-0.15, -0.1) is 0 Å². The molecule has 0 unspecified atom stereocenters. The molecule has 6 heteroatoms. The van der Waals surface area contributed by atoms with Gasteiger partial charge in [-0.05, 0) is 54.1 Å². The van der Waals surface area contributed by atoms with Gasteiger partial charge in [0.15, 0.2) is 5.75 Å². The number of aromatic hydroxyl groups is 1. The van der Waals surface area contributed by atoms with E-state index in [1.54, 1.807) is 48.7 Å². The predicted octanol–water partition coefficient (Wildman–Crippen LogP) is 5.29. The van der Waals surface area contributed by atoms with Gasteiger partial charge in [0.25, 0.3) is 5.91 Å². The Labute approximate surface area is 172 Å². The average Bonchev–Trinajstić information content (AvgIpc) is 3.26. The molecule has 144 valence electrons. The molecule has 29 heavy (non-hydrogen) atoms. The molecule has 5 nitrogen and oxygen atoms in total. The van der Waals surface area contributed by atoms with E-state index in [2.05, 4.69) is 10.3 Å². The number of phenolic OH excluding ortho intramolecular Hbond substituents is 1. The van der Waals surface area contributed by atoms with Crippen molar-refractivity contribution in [2.24, 2.45) is 0 Å². The molecule has 4 aromatic rings. The van der Waals surface area contributed by atoms with E-state index in [0.29, 0.717) is 28.5 Å². The van der Waals surface area contributed by atoms with Crippen molar-refractivity contribution in [2.75, 3.05) is 0 Å². The highest BCUT2D eigenvalue weighted by molar-refractivity contribution is 6.30. The molecule has 0 atom stereocenters. The first-order chi connectivity index (χ1) is 14.1. The smallest absolute Gasteiger partial charge is 0.255 e. The standard InChI is InChI=1S/C23H17ClN2O3/c24-17-7-3-15(4-8-17)14-25-23(28)20-12-6-16-5-9-18(26-21(16)22(20)27)10-11-19-2-1-13-29-19/h1-13,27H,14H2,(H,25,28). The number of hydrogen-bond acceptors (Lipinski definition) is 4. The van der Waals surface area contributed by atoms with Crippen molar-refractivity contribution in [3.63, 3.8) is 0 Å². The van der Waals surface area contributed by atoms with E-state index in [4.69, 9.17) is 16.0 Å². The number of benzene rings is 2. The lowest BCUT2D eigenvalue weighted by Gasteiger charge is -2.09. The van der Waals surface area contributed by atoms with Crippen LogP contribution in [0.4, 0.5) is 0 Å². The topological polar surface area (TPSA) is 75.4 Å². The fourth-order valence-electron chi connectivity index (χ4n) is 2.90. The SMILES string of the molecule is O=C(NCc1ccc(Cl)cc1)c1ccc2ccc(C=Cc3ccco3)nc2c1O. The first kappa shape index (κ1) is 18.8. The molecule has 0 spiro atoms. The zero-order valence-electron chi connectivity index (χ0n) is 15.3. The van der Waals surface area contributed by atoms with Crippen LogP contribution in [-0.4, -0.2) is 16.0 Å². The third-order valence-electron chi connectivity index (χ3n) is 4.43. The third-order valence-corrected chi connectivity index (χ3v) is 4.68. The van der Waals surface area contributed by atoms with Crippen LogP contribution in [0.5, 0.6) is 5.75 Å². The molecule has 0 aliphatic rings. The van der Waals surface area contributed by atoms with Crippen LogP contribution in [-0.2, 0) is 6.54 Å². The first-order valence-electron chi connectivity index (χ1n) is 8.97. The summed E-state index contributed by atoms with van der Waals surface area (Å²) < 4.78 is 5.26. The molecular formula is C23H17ClN2O3. The van der Waals surface area contributed by atoms with Gasteiger partial charge in [-0.3, -0.25) is 4.79 Å². The summed E-state index contributed by atoms with van der Waals surface area (Å²) in [6.07, 6.45) is 5.16. The van der Waals surface area contributed by atoms with E-state index >= 15 is 0 Å². The molecule has 0 bridgehead atoms. The van der Waals surface area contributed by atoms with Crippen molar-refractivity contribution in [1.82, 2.24) is 10.3 Å². The lowest BCUT2D eigenvalue weighted by Crippen LogP contribution is -2.22. The van der Waals surface area contributed by atoms with Crippen LogP contribution in [0.1, 0.15) is 27.4 Å². The van der Waals surface area contributed by atoms with Crippen LogP contribution in [0.2, 0.25) is 5.02 Å². The minimum Gasteiger partial charge on any atom is -0.505 e. The molecule has 0 radical (unpaired) electrons. The second-order valence-electron chi connectivity index (χ2n) is 6.43. The van der Waals surface area contributed by atoms with Gasteiger partial charge in [-0.25, -0.2) is 4.98 Å². The van der Waals surface area contributed by atoms with Crippen LogP contribution in [0.25, 0.3) is 23.1 Å². The lowest BCUT2D eigenvalue weighted by atomic mass is 10.1. The number of nitrogens with one attached hydrogen (secondary N) is 1. The maximum Gasteiger partial charge on any atom is 0.255 e. The maximum absolute atomic E-state index is 12.6. The highest BCUT2D eigenvalue weighted by Crippen LogP contribution is 2.28. The fraction of sp³-hybridized carbons (Fsp3) is 0.0435. The second-order valence-corrected chi connectivity index (χ2v) is 6.86. The summed E-state index contributed by atoms with van der Waals surface area (Å²) in [4.78, 5) is 17.0. The Hall–Kier alpha value is -3.57. The van der Waals surface area contributed by atoms with Crippen molar-refractivity contribution in [2.45, 2.75) is 6.54 Å². The number of carbonyl (C=O) groups is 1. The van der Waals surface area contributed by atoms with Crippen LogP contribution >= 0.6 is 11.6 Å². The molecule has 2 heterocycles. The highest BCUT2D eigenvalue weighted by Gasteiger charge is 2.15. The molecule has 2 aromatic carbocycles. The fourth-order valence-corrected chi connectivity index (χ4v) is 3.02. The Morgan fingerprint density at radius 3 is 2.62 bits per heavy atom. The molecule has 0 fully saturated rings. The molecule has 0 saturated carbocycles. The van der Waals surface area contributed by atoms with E-state index < -0.39 is 0 Å². The first-order valence-corrected chi connectivity index (χ1v) is 9.35. The summed E-state index contributed by atoms with van der Waals surface area (Å²) in [6, 6.07) is 17.9. The molecule has 1 amide bonds. The number of halogens is 1. The minimum absolute atomic E-state index is 0.149. The second kappa shape index (κ2) is 8.20. The van der Waals surface area contributed by atoms with Gasteiger partial charge in [0.05, 0.1) is 17.5 Å². The number of rotatable bonds is 5. The summed E-state index contributed by atoms with van der Waals surface area (Å²) in [5.41, 5.74) is 2.09. The van der Waals surface area contributed by atoms with Crippen molar-refractivity contribution < 1.29 is 14.3 Å². The molecular weight excluding hydrogens is 388 g/mol. The average molecular weight is 405 g/mol. The van der Waals surface area contributed by atoms with Gasteiger partial charge in [-0.1, -0.05) is 35.9 Å². The van der Waals surface area contributed by atoms with E-state index in [-0.39, 0.29) is 17.2 Å². The minimum atomic E-state index is -0.377. The quantitative estimate of drug-likeness (QED) is 0.474. The number of amides is 1. The summed E-state index contributed by atoms with van der Waals surface area (Å²) in [7, 11) is 0. The Bertz CT molecular complexity index is 1180. The van der Waals surface area contributed by atoms with Crippen molar-refractivity contribution in [1.29, 1.82) is 0 Å². The number of pyridine rings is 1. The normalized spacial score (nSPS) is 11.2. The van der Waals surface area contributed by atoms with Gasteiger partial charge in [0, 0.05) is 17.0 Å². The van der Waals surface area contributed by atoms with E-state index in [1.165, 1.54) is 0 Å². The summed E-state index contributed by atoms with van der Waals surface area (Å²) in [6.45, 7) is 0.326. The zero-order valence-corrected chi connectivity index (χ0v) is 16.1. The third kappa shape index (κ3) is 4.31. The van der Waals surface area contributed by atoms with Gasteiger partial charge >= 0.3 is 0 Å². The van der Waals surface area contributed by atoms with Gasteiger partial charge in [-0.2, -0.15) is 0 Å². The summed E-state index contributed by atoms with van der Waals surface area (Å²) in [5.74, 6) is 0.175. The Morgan fingerprint density at radius 1 is 1.07 bits per heavy atom. The van der Waals surface area contributed by atoms with Crippen LogP contribution < -0.4 is 5.32 Å². The highest BCUT2D eigenvalue weighted by atomic mass is 35.5. The number of aromatic nitrogens is 1. The Morgan fingerprint density at radius 2 is 1.86 bits per heavy atom. The molecule has 0 aliphatic heterocycles. The largest absolute Gasteiger partial charge is 0.505 e. The predicted molar refractivity (Wildman–Crippen MR) is 114 cm³/mol.